The fourth-order valence-corrected chi connectivity index (χ4v) is 3.76. The lowest BCUT2D eigenvalue weighted by molar-refractivity contribution is 0.103. The third-order valence-corrected chi connectivity index (χ3v) is 5.44. The van der Waals surface area contributed by atoms with Gasteiger partial charge in [0.25, 0.3) is 5.91 Å². The molecular weight excluding hydrogens is 410 g/mol. The molecule has 1 aromatic carbocycles. The lowest BCUT2D eigenvalue weighted by Crippen LogP contribution is -2.11. The quantitative estimate of drug-likeness (QED) is 0.395. The maximum Gasteiger partial charge on any atom is 0.267 e. The molecule has 3 aromatic heterocycles. The first kappa shape index (κ1) is 20.4. The van der Waals surface area contributed by atoms with Crippen molar-refractivity contribution in [2.45, 2.75) is 20.8 Å². The molecule has 0 radical (unpaired) electrons. The number of amides is 1. The van der Waals surface area contributed by atoms with Gasteiger partial charge in [0.15, 0.2) is 0 Å². The number of hydrogen-bond donors (Lipinski definition) is 3. The van der Waals surface area contributed by atoms with Crippen molar-refractivity contribution in [3.8, 4) is 0 Å². The SMILES string of the molecule is Cc1ccnc(Nc2cc(Nc3ccc(NC(=O)c4sc(C)nc4C)cc3)ncn2)c1. The largest absolute Gasteiger partial charge is 0.340 e. The van der Waals surface area contributed by atoms with Gasteiger partial charge in [-0.3, -0.25) is 4.79 Å². The molecule has 9 heteroatoms. The van der Waals surface area contributed by atoms with Crippen LogP contribution in [0.15, 0.2) is 55.0 Å². The first-order valence-corrected chi connectivity index (χ1v) is 10.4. The minimum atomic E-state index is -0.153. The molecule has 0 bridgehead atoms. The Morgan fingerprint density at radius 2 is 1.52 bits per heavy atom. The summed E-state index contributed by atoms with van der Waals surface area (Å²) >= 11 is 1.39. The standard InChI is InChI=1S/C22H21N7OS/c1-13-8-9-23-18(10-13)29-20-11-19(24-12-25-20)27-16-4-6-17(7-5-16)28-22(30)21-14(2)26-15(3)31-21/h4-12H,1-3H3,(H,28,30)(H2,23,24,25,27,29). The summed E-state index contributed by atoms with van der Waals surface area (Å²) in [6, 6.07) is 13.1. The molecule has 0 aliphatic carbocycles. The van der Waals surface area contributed by atoms with Gasteiger partial charge in [-0.05, 0) is 62.7 Å². The van der Waals surface area contributed by atoms with E-state index in [9.17, 15) is 4.79 Å². The molecule has 0 aliphatic heterocycles. The van der Waals surface area contributed by atoms with E-state index in [1.165, 1.54) is 17.7 Å². The molecule has 0 saturated heterocycles. The number of rotatable bonds is 6. The number of carbonyl (C=O) groups excluding carboxylic acids is 1. The fraction of sp³-hybridized carbons (Fsp3) is 0.136. The first-order chi connectivity index (χ1) is 15.0. The zero-order valence-electron chi connectivity index (χ0n) is 17.3. The predicted octanol–water partition coefficient (Wildman–Crippen LogP) is 4.99. The Balaban J connectivity index is 1.41. The number of aryl methyl sites for hydroxylation is 3. The van der Waals surface area contributed by atoms with Gasteiger partial charge in [0.2, 0.25) is 0 Å². The van der Waals surface area contributed by atoms with Crippen LogP contribution in [0.2, 0.25) is 0 Å². The third-order valence-electron chi connectivity index (χ3n) is 4.36. The van der Waals surface area contributed by atoms with Crippen LogP contribution in [0.5, 0.6) is 0 Å². The smallest absolute Gasteiger partial charge is 0.267 e. The van der Waals surface area contributed by atoms with Crippen LogP contribution in [0, 0.1) is 20.8 Å². The van der Waals surface area contributed by atoms with Crippen molar-refractivity contribution in [3.05, 3.63) is 76.1 Å². The number of aromatic nitrogens is 4. The molecular formula is C22H21N7OS. The molecule has 0 atom stereocenters. The van der Waals surface area contributed by atoms with E-state index in [0.29, 0.717) is 22.2 Å². The second kappa shape index (κ2) is 8.88. The summed E-state index contributed by atoms with van der Waals surface area (Å²) in [6.07, 6.45) is 3.23. The van der Waals surface area contributed by atoms with E-state index in [4.69, 9.17) is 0 Å². The zero-order chi connectivity index (χ0) is 21.8. The summed E-state index contributed by atoms with van der Waals surface area (Å²) in [5, 5.41) is 10.2. The van der Waals surface area contributed by atoms with Gasteiger partial charge in [0, 0.05) is 23.6 Å². The number of thiazole rings is 1. The van der Waals surface area contributed by atoms with Crippen molar-refractivity contribution >= 4 is 46.1 Å². The maximum absolute atomic E-state index is 12.4. The van der Waals surface area contributed by atoms with Crippen LogP contribution >= 0.6 is 11.3 Å². The van der Waals surface area contributed by atoms with Crippen LogP contribution in [0.4, 0.5) is 28.8 Å². The van der Waals surface area contributed by atoms with Crippen molar-refractivity contribution in [2.75, 3.05) is 16.0 Å². The van der Waals surface area contributed by atoms with Gasteiger partial charge in [0.05, 0.1) is 10.7 Å². The second-order valence-electron chi connectivity index (χ2n) is 6.94. The number of pyridine rings is 1. The zero-order valence-corrected chi connectivity index (χ0v) is 18.1. The number of hydrogen-bond acceptors (Lipinski definition) is 8. The molecule has 156 valence electrons. The van der Waals surface area contributed by atoms with Gasteiger partial charge in [-0.2, -0.15) is 0 Å². The number of benzene rings is 1. The summed E-state index contributed by atoms with van der Waals surface area (Å²) in [4.78, 5) is 30.2. The molecule has 0 spiro atoms. The topological polar surface area (TPSA) is 105 Å². The highest BCUT2D eigenvalue weighted by Crippen LogP contribution is 2.22. The Hall–Kier alpha value is -3.85. The van der Waals surface area contributed by atoms with Crippen molar-refractivity contribution in [3.63, 3.8) is 0 Å². The van der Waals surface area contributed by atoms with Crippen molar-refractivity contribution in [1.82, 2.24) is 19.9 Å². The van der Waals surface area contributed by atoms with Crippen LogP contribution < -0.4 is 16.0 Å². The van der Waals surface area contributed by atoms with Crippen molar-refractivity contribution < 1.29 is 4.79 Å². The molecule has 0 saturated carbocycles. The summed E-state index contributed by atoms with van der Waals surface area (Å²) in [5.41, 5.74) is 3.39. The van der Waals surface area contributed by atoms with Gasteiger partial charge in [0.1, 0.15) is 28.7 Å². The first-order valence-electron chi connectivity index (χ1n) is 9.60. The molecule has 4 aromatic rings. The van der Waals surface area contributed by atoms with Crippen LogP contribution in [0.1, 0.15) is 25.9 Å². The fourth-order valence-electron chi connectivity index (χ4n) is 2.94. The van der Waals surface area contributed by atoms with E-state index in [2.05, 4.69) is 35.9 Å². The lowest BCUT2D eigenvalue weighted by atomic mass is 10.2. The Kier molecular flexibility index (Phi) is 5.85. The highest BCUT2D eigenvalue weighted by molar-refractivity contribution is 7.13. The normalized spacial score (nSPS) is 10.5. The Bertz CT molecular complexity index is 1220. The average molecular weight is 432 g/mol. The Morgan fingerprint density at radius 3 is 2.19 bits per heavy atom. The van der Waals surface area contributed by atoms with Crippen LogP contribution in [-0.4, -0.2) is 25.8 Å². The number of nitrogens with one attached hydrogen (secondary N) is 3. The molecule has 1 amide bonds. The molecule has 0 fully saturated rings. The molecule has 0 unspecified atom stereocenters. The minimum absolute atomic E-state index is 0.153. The predicted molar refractivity (Wildman–Crippen MR) is 124 cm³/mol. The maximum atomic E-state index is 12.4. The highest BCUT2D eigenvalue weighted by Gasteiger charge is 2.13. The van der Waals surface area contributed by atoms with Crippen LogP contribution in [-0.2, 0) is 0 Å². The molecule has 31 heavy (non-hydrogen) atoms. The van der Waals surface area contributed by atoms with Gasteiger partial charge < -0.3 is 16.0 Å². The number of anilines is 5. The third kappa shape index (κ3) is 5.20. The van der Waals surface area contributed by atoms with Gasteiger partial charge in [-0.1, -0.05) is 0 Å². The molecule has 3 heterocycles. The second-order valence-corrected chi connectivity index (χ2v) is 8.14. The molecule has 8 nitrogen and oxygen atoms in total. The van der Waals surface area contributed by atoms with Crippen LogP contribution in [0.25, 0.3) is 0 Å². The van der Waals surface area contributed by atoms with E-state index in [-0.39, 0.29) is 5.91 Å². The summed E-state index contributed by atoms with van der Waals surface area (Å²) in [6.45, 7) is 5.73. The van der Waals surface area contributed by atoms with Crippen molar-refractivity contribution in [2.24, 2.45) is 0 Å². The summed E-state index contributed by atoms with van der Waals surface area (Å²) in [5.74, 6) is 1.84. The van der Waals surface area contributed by atoms with Crippen LogP contribution in [0.3, 0.4) is 0 Å². The lowest BCUT2D eigenvalue weighted by Gasteiger charge is -2.10. The van der Waals surface area contributed by atoms with E-state index in [1.807, 2.05) is 57.2 Å². The highest BCUT2D eigenvalue weighted by atomic mass is 32.1. The number of nitrogens with zero attached hydrogens (tertiary/aromatic N) is 4. The van der Waals surface area contributed by atoms with E-state index < -0.39 is 0 Å². The van der Waals surface area contributed by atoms with Gasteiger partial charge in [-0.15, -0.1) is 11.3 Å². The summed E-state index contributed by atoms with van der Waals surface area (Å²) in [7, 11) is 0. The summed E-state index contributed by atoms with van der Waals surface area (Å²) < 4.78 is 0. The Morgan fingerprint density at radius 1 is 0.839 bits per heavy atom. The van der Waals surface area contributed by atoms with Crippen molar-refractivity contribution in [1.29, 1.82) is 0 Å². The van der Waals surface area contributed by atoms with E-state index >= 15 is 0 Å². The monoisotopic (exact) mass is 431 g/mol. The van der Waals surface area contributed by atoms with Gasteiger partial charge >= 0.3 is 0 Å². The minimum Gasteiger partial charge on any atom is -0.340 e. The van der Waals surface area contributed by atoms with E-state index in [1.54, 1.807) is 12.3 Å². The van der Waals surface area contributed by atoms with Gasteiger partial charge in [-0.25, -0.2) is 19.9 Å². The van der Waals surface area contributed by atoms with E-state index in [0.717, 1.165) is 27.8 Å². The average Bonchev–Trinajstić information content (AvgIpc) is 3.08. The molecule has 3 N–H and O–H groups in total. The number of carbonyl (C=O) groups is 1. The molecule has 4 rings (SSSR count). The Labute approximate surface area is 183 Å². The molecule has 0 aliphatic rings.